The van der Waals surface area contributed by atoms with Crippen molar-refractivity contribution in [1.82, 2.24) is 4.90 Å². The Morgan fingerprint density at radius 3 is 1.83 bits per heavy atom. The van der Waals surface area contributed by atoms with E-state index in [-0.39, 0.29) is 35.5 Å². The molecule has 4 heteroatoms. The summed E-state index contributed by atoms with van der Waals surface area (Å²) in [6.45, 7) is 7.61. The van der Waals surface area contributed by atoms with Crippen molar-refractivity contribution in [2.24, 2.45) is 11.8 Å². The molecule has 2 rings (SSSR count). The van der Waals surface area contributed by atoms with Gasteiger partial charge in [-0.25, -0.2) is 0 Å². The van der Waals surface area contributed by atoms with Crippen LogP contribution in [0.4, 0.5) is 0 Å². The van der Waals surface area contributed by atoms with E-state index in [4.69, 9.17) is 0 Å². The summed E-state index contributed by atoms with van der Waals surface area (Å²) in [4.78, 5) is 36.3. The number of amides is 2. The SMILES string of the molecule is CC(=O)C1CCC(N2C(=O)CC(C)C2=O)CC1.CC=CCCCCCCC=CC. The van der Waals surface area contributed by atoms with Gasteiger partial charge >= 0.3 is 0 Å². The standard InChI is InChI=1S/C13H19NO3.C12H22/c1-8-7-12(16)14(13(8)17)11-5-3-10(4-6-11)9(2)15;1-3-5-7-9-11-12-10-8-6-4-2/h8,10-11H,3-7H2,1-2H3;3-6H,7-12H2,1-2H3. The Morgan fingerprint density at radius 2 is 1.45 bits per heavy atom. The summed E-state index contributed by atoms with van der Waals surface area (Å²) in [7, 11) is 0. The van der Waals surface area contributed by atoms with Gasteiger partial charge < -0.3 is 0 Å². The topological polar surface area (TPSA) is 54.5 Å². The van der Waals surface area contributed by atoms with E-state index < -0.39 is 0 Å². The van der Waals surface area contributed by atoms with Gasteiger partial charge in [0, 0.05) is 24.3 Å². The zero-order valence-electron chi connectivity index (χ0n) is 19.0. The molecule has 2 aliphatic rings. The number of carbonyl (C=O) groups excluding carboxylic acids is 3. The minimum Gasteiger partial charge on any atom is -0.300 e. The number of carbonyl (C=O) groups is 3. The third kappa shape index (κ3) is 9.10. The first-order valence-electron chi connectivity index (χ1n) is 11.5. The molecule has 2 amide bonds. The monoisotopic (exact) mass is 403 g/mol. The summed E-state index contributed by atoms with van der Waals surface area (Å²) >= 11 is 0. The third-order valence-electron chi connectivity index (χ3n) is 6.01. The smallest absolute Gasteiger partial charge is 0.232 e. The molecule has 1 saturated carbocycles. The molecule has 0 radical (unpaired) electrons. The Hall–Kier alpha value is -1.71. The van der Waals surface area contributed by atoms with Crippen LogP contribution in [-0.2, 0) is 14.4 Å². The van der Waals surface area contributed by atoms with Gasteiger partial charge in [0.1, 0.15) is 5.78 Å². The second-order valence-corrected chi connectivity index (χ2v) is 8.45. The Bertz CT molecular complexity index is 555. The number of ketones is 1. The number of likely N-dealkylation sites (tertiary alicyclic amines) is 1. The van der Waals surface area contributed by atoms with Crippen molar-refractivity contribution in [3.8, 4) is 0 Å². The molecular formula is C25H41NO3. The summed E-state index contributed by atoms with van der Waals surface area (Å²) in [5.74, 6) is 0.149. The van der Waals surface area contributed by atoms with Crippen LogP contribution in [0.5, 0.6) is 0 Å². The maximum Gasteiger partial charge on any atom is 0.232 e. The molecule has 164 valence electrons. The van der Waals surface area contributed by atoms with Crippen molar-refractivity contribution < 1.29 is 14.4 Å². The Kier molecular flexibility index (Phi) is 12.5. The van der Waals surface area contributed by atoms with Crippen LogP contribution in [-0.4, -0.2) is 28.5 Å². The van der Waals surface area contributed by atoms with Crippen LogP contribution >= 0.6 is 0 Å². The number of unbranched alkanes of at least 4 members (excludes halogenated alkanes) is 5. The third-order valence-corrected chi connectivity index (χ3v) is 6.01. The van der Waals surface area contributed by atoms with Gasteiger partial charge in [-0.2, -0.15) is 0 Å². The van der Waals surface area contributed by atoms with Gasteiger partial charge in [0.05, 0.1) is 0 Å². The lowest BCUT2D eigenvalue weighted by Gasteiger charge is -2.32. The maximum atomic E-state index is 11.9. The number of Topliss-reactive ketones (excluding diaryl/α,β-unsaturated/α-hetero) is 1. The predicted molar refractivity (Wildman–Crippen MR) is 119 cm³/mol. The second kappa shape index (κ2) is 14.3. The number of imide groups is 1. The van der Waals surface area contributed by atoms with Crippen molar-refractivity contribution in [3.05, 3.63) is 24.3 Å². The van der Waals surface area contributed by atoms with Gasteiger partial charge in [0.2, 0.25) is 11.8 Å². The molecule has 1 saturated heterocycles. The van der Waals surface area contributed by atoms with E-state index in [1.165, 1.54) is 43.4 Å². The molecule has 1 unspecified atom stereocenters. The maximum absolute atomic E-state index is 11.9. The zero-order chi connectivity index (χ0) is 21.6. The van der Waals surface area contributed by atoms with E-state index in [0.717, 1.165) is 25.7 Å². The summed E-state index contributed by atoms with van der Waals surface area (Å²) in [6, 6.07) is 0.0375. The largest absolute Gasteiger partial charge is 0.300 e. The van der Waals surface area contributed by atoms with Gasteiger partial charge in [0.25, 0.3) is 0 Å². The Morgan fingerprint density at radius 1 is 0.931 bits per heavy atom. The molecule has 0 bridgehead atoms. The molecule has 0 aromatic rings. The molecule has 1 atom stereocenters. The van der Waals surface area contributed by atoms with Crippen molar-refractivity contribution in [2.45, 2.75) is 104 Å². The fraction of sp³-hybridized carbons (Fsp3) is 0.720. The molecule has 29 heavy (non-hydrogen) atoms. The van der Waals surface area contributed by atoms with Crippen LogP contribution in [0, 0.1) is 11.8 Å². The highest BCUT2D eigenvalue weighted by Gasteiger charge is 2.41. The van der Waals surface area contributed by atoms with E-state index in [2.05, 4.69) is 38.2 Å². The predicted octanol–water partition coefficient (Wildman–Crippen LogP) is 6.01. The molecule has 4 nitrogen and oxygen atoms in total. The molecule has 2 fully saturated rings. The van der Waals surface area contributed by atoms with Crippen LogP contribution in [0.15, 0.2) is 24.3 Å². The number of nitrogens with zero attached hydrogens (tertiary/aromatic N) is 1. The molecule has 0 N–H and O–H groups in total. The second-order valence-electron chi connectivity index (χ2n) is 8.45. The van der Waals surface area contributed by atoms with Crippen molar-refractivity contribution in [3.63, 3.8) is 0 Å². The fourth-order valence-electron chi connectivity index (χ4n) is 4.14. The highest BCUT2D eigenvalue weighted by atomic mass is 16.2. The van der Waals surface area contributed by atoms with Crippen LogP contribution < -0.4 is 0 Å². The highest BCUT2D eigenvalue weighted by molar-refractivity contribution is 6.03. The summed E-state index contributed by atoms with van der Waals surface area (Å²) in [5, 5.41) is 0. The molecule has 0 aromatic heterocycles. The van der Waals surface area contributed by atoms with Crippen LogP contribution in [0.1, 0.15) is 98.3 Å². The molecule has 0 spiro atoms. The molecule has 1 heterocycles. The lowest BCUT2D eigenvalue weighted by Crippen LogP contribution is -2.42. The van der Waals surface area contributed by atoms with Crippen LogP contribution in [0.2, 0.25) is 0 Å². The number of rotatable bonds is 9. The summed E-state index contributed by atoms with van der Waals surface area (Å²) < 4.78 is 0. The minimum atomic E-state index is -0.159. The minimum absolute atomic E-state index is 0.0266. The fourth-order valence-corrected chi connectivity index (χ4v) is 4.14. The number of hydrogen-bond acceptors (Lipinski definition) is 3. The summed E-state index contributed by atoms with van der Waals surface area (Å²) in [6.07, 6.45) is 20.4. The number of allylic oxidation sites excluding steroid dienone is 4. The zero-order valence-corrected chi connectivity index (χ0v) is 19.0. The first kappa shape index (κ1) is 25.3. The van der Waals surface area contributed by atoms with E-state index in [1.807, 2.05) is 0 Å². The molecular weight excluding hydrogens is 362 g/mol. The first-order chi connectivity index (χ1) is 13.9. The van der Waals surface area contributed by atoms with E-state index in [0.29, 0.717) is 6.42 Å². The lowest BCUT2D eigenvalue weighted by molar-refractivity contribution is -0.142. The van der Waals surface area contributed by atoms with E-state index in [9.17, 15) is 14.4 Å². The van der Waals surface area contributed by atoms with Gasteiger partial charge in [-0.3, -0.25) is 19.3 Å². The van der Waals surface area contributed by atoms with E-state index in [1.54, 1.807) is 13.8 Å². The normalized spacial score (nSPS) is 25.0. The Balaban J connectivity index is 0.000000311. The van der Waals surface area contributed by atoms with Crippen molar-refractivity contribution in [1.29, 1.82) is 0 Å². The van der Waals surface area contributed by atoms with E-state index >= 15 is 0 Å². The van der Waals surface area contributed by atoms with Gasteiger partial charge in [0.15, 0.2) is 0 Å². The number of hydrogen-bond donors (Lipinski definition) is 0. The average Bonchev–Trinajstić information content (AvgIpc) is 2.96. The molecule has 1 aliphatic carbocycles. The Labute approximate surface area is 177 Å². The van der Waals surface area contributed by atoms with Crippen molar-refractivity contribution >= 4 is 17.6 Å². The first-order valence-corrected chi connectivity index (χ1v) is 11.5. The average molecular weight is 404 g/mol. The quantitative estimate of drug-likeness (QED) is 0.269. The van der Waals surface area contributed by atoms with Crippen LogP contribution in [0.3, 0.4) is 0 Å². The molecule has 1 aliphatic heterocycles. The lowest BCUT2D eigenvalue weighted by atomic mass is 9.83. The summed E-state index contributed by atoms with van der Waals surface area (Å²) in [5.41, 5.74) is 0. The van der Waals surface area contributed by atoms with Gasteiger partial charge in [-0.15, -0.1) is 0 Å². The highest BCUT2D eigenvalue weighted by Crippen LogP contribution is 2.32. The van der Waals surface area contributed by atoms with Crippen LogP contribution in [0.25, 0.3) is 0 Å². The molecule has 0 aromatic carbocycles. The van der Waals surface area contributed by atoms with Crippen molar-refractivity contribution in [2.75, 3.05) is 0 Å². The van der Waals surface area contributed by atoms with Gasteiger partial charge in [-0.1, -0.05) is 44.1 Å². The van der Waals surface area contributed by atoms with Gasteiger partial charge in [-0.05, 0) is 72.1 Å².